The molecular weight excluding hydrogens is 400 g/mol. The summed E-state index contributed by atoms with van der Waals surface area (Å²) in [5.74, 6) is 0. The fourth-order valence-corrected chi connectivity index (χ4v) is 4.80. The first-order chi connectivity index (χ1) is 14.4. The summed E-state index contributed by atoms with van der Waals surface area (Å²) in [6.07, 6.45) is -0.991. The van der Waals surface area contributed by atoms with E-state index in [0.717, 1.165) is 16.6 Å². The van der Waals surface area contributed by atoms with Gasteiger partial charge in [0.2, 0.25) is 0 Å². The average Bonchev–Trinajstić information content (AvgIpc) is 3.16. The number of aromatic nitrogens is 3. The average molecular weight is 423 g/mol. The summed E-state index contributed by atoms with van der Waals surface area (Å²) in [6.45, 7) is 1.94. The molecule has 1 heterocycles. The van der Waals surface area contributed by atoms with Crippen molar-refractivity contribution in [2.24, 2.45) is 0 Å². The fourth-order valence-electron chi connectivity index (χ4n) is 3.27. The molecule has 8 heteroatoms. The first-order valence-corrected chi connectivity index (χ1v) is 11.0. The van der Waals surface area contributed by atoms with Crippen LogP contribution in [0.3, 0.4) is 0 Å². The van der Waals surface area contributed by atoms with E-state index in [0.29, 0.717) is 5.69 Å². The minimum Gasteiger partial charge on any atom is -0.389 e. The van der Waals surface area contributed by atoms with Crippen LogP contribution in [0.25, 0.3) is 11.0 Å². The Bertz CT molecular complexity index is 1240. The van der Waals surface area contributed by atoms with E-state index in [4.69, 9.17) is 0 Å². The van der Waals surface area contributed by atoms with Crippen molar-refractivity contribution in [3.63, 3.8) is 0 Å². The SMILES string of the molecule is Cc1ccc(N(C[C@@H](O)Cn2nnc3ccccc32)S(=O)(=O)c2ccccc2)cc1. The third-order valence-corrected chi connectivity index (χ3v) is 6.64. The maximum absolute atomic E-state index is 13.3. The predicted octanol–water partition coefficient (Wildman–Crippen LogP) is 3.00. The highest BCUT2D eigenvalue weighted by Gasteiger charge is 2.27. The quantitative estimate of drug-likeness (QED) is 0.495. The van der Waals surface area contributed by atoms with E-state index in [9.17, 15) is 13.5 Å². The topological polar surface area (TPSA) is 88.3 Å². The van der Waals surface area contributed by atoms with Gasteiger partial charge in [-0.05, 0) is 43.3 Å². The number of rotatable bonds is 7. The van der Waals surface area contributed by atoms with Gasteiger partial charge in [-0.15, -0.1) is 5.10 Å². The van der Waals surface area contributed by atoms with Gasteiger partial charge in [0.1, 0.15) is 5.52 Å². The number of aliphatic hydroxyl groups is 1. The Labute approximate surface area is 175 Å². The molecule has 1 atom stereocenters. The van der Waals surface area contributed by atoms with Gasteiger partial charge in [-0.1, -0.05) is 53.2 Å². The highest BCUT2D eigenvalue weighted by molar-refractivity contribution is 7.92. The number of anilines is 1. The molecule has 0 aliphatic rings. The van der Waals surface area contributed by atoms with E-state index in [2.05, 4.69) is 10.3 Å². The molecule has 0 aliphatic carbocycles. The van der Waals surface area contributed by atoms with Crippen LogP contribution in [0.5, 0.6) is 0 Å². The molecule has 0 saturated heterocycles. The Hall–Kier alpha value is -3.23. The van der Waals surface area contributed by atoms with Crippen LogP contribution >= 0.6 is 0 Å². The van der Waals surface area contributed by atoms with Crippen molar-refractivity contribution in [3.05, 3.63) is 84.4 Å². The van der Waals surface area contributed by atoms with Crippen molar-refractivity contribution in [1.29, 1.82) is 0 Å². The molecule has 0 fully saturated rings. The van der Waals surface area contributed by atoms with Gasteiger partial charge in [0.05, 0.1) is 35.3 Å². The second-order valence-corrected chi connectivity index (χ2v) is 8.96. The molecule has 0 spiro atoms. The lowest BCUT2D eigenvalue weighted by molar-refractivity contribution is 0.159. The maximum Gasteiger partial charge on any atom is 0.264 e. The summed E-state index contributed by atoms with van der Waals surface area (Å²) >= 11 is 0. The highest BCUT2D eigenvalue weighted by Crippen LogP contribution is 2.24. The lowest BCUT2D eigenvalue weighted by Gasteiger charge is -2.27. The number of aryl methyl sites for hydroxylation is 1. The Kier molecular flexibility index (Phi) is 5.52. The Morgan fingerprint density at radius 3 is 2.37 bits per heavy atom. The first kappa shape index (κ1) is 20.1. The van der Waals surface area contributed by atoms with Crippen LogP contribution in [0, 0.1) is 6.92 Å². The number of nitrogens with zero attached hydrogens (tertiary/aromatic N) is 4. The molecule has 30 heavy (non-hydrogen) atoms. The van der Waals surface area contributed by atoms with Gasteiger partial charge in [0, 0.05) is 0 Å². The zero-order chi connectivity index (χ0) is 21.1. The van der Waals surface area contributed by atoms with E-state index in [1.807, 2.05) is 43.3 Å². The molecule has 3 aromatic carbocycles. The van der Waals surface area contributed by atoms with Crippen molar-refractivity contribution in [2.75, 3.05) is 10.8 Å². The smallest absolute Gasteiger partial charge is 0.264 e. The van der Waals surface area contributed by atoms with Crippen LogP contribution in [0.2, 0.25) is 0 Å². The monoisotopic (exact) mass is 422 g/mol. The van der Waals surface area contributed by atoms with Crippen LogP contribution in [0.1, 0.15) is 5.56 Å². The minimum absolute atomic E-state index is 0.117. The Morgan fingerprint density at radius 1 is 0.967 bits per heavy atom. The van der Waals surface area contributed by atoms with Crippen LogP contribution in [0.4, 0.5) is 5.69 Å². The van der Waals surface area contributed by atoms with Crippen LogP contribution in [-0.2, 0) is 16.6 Å². The molecule has 4 aromatic rings. The van der Waals surface area contributed by atoms with Gasteiger partial charge in [-0.2, -0.15) is 0 Å². The zero-order valence-electron chi connectivity index (χ0n) is 16.5. The van der Waals surface area contributed by atoms with Crippen molar-refractivity contribution in [2.45, 2.75) is 24.5 Å². The molecular formula is C22H22N4O3S. The van der Waals surface area contributed by atoms with Crippen LogP contribution in [0.15, 0.2) is 83.8 Å². The van der Waals surface area contributed by atoms with Gasteiger partial charge in [-0.25, -0.2) is 13.1 Å². The summed E-state index contributed by atoms with van der Waals surface area (Å²) in [7, 11) is -3.86. The van der Waals surface area contributed by atoms with E-state index in [-0.39, 0.29) is 18.0 Å². The molecule has 7 nitrogen and oxygen atoms in total. The second kappa shape index (κ2) is 8.25. The molecule has 0 amide bonds. The van der Waals surface area contributed by atoms with Gasteiger partial charge in [-0.3, -0.25) is 4.31 Å². The van der Waals surface area contributed by atoms with Crippen LogP contribution in [-0.4, -0.2) is 41.2 Å². The van der Waals surface area contributed by atoms with E-state index < -0.39 is 16.1 Å². The molecule has 1 aromatic heterocycles. The predicted molar refractivity (Wildman–Crippen MR) is 116 cm³/mol. The van der Waals surface area contributed by atoms with Crippen molar-refractivity contribution in [3.8, 4) is 0 Å². The normalized spacial score (nSPS) is 12.7. The van der Waals surface area contributed by atoms with Crippen molar-refractivity contribution >= 4 is 26.7 Å². The lowest BCUT2D eigenvalue weighted by Crippen LogP contribution is -2.39. The maximum atomic E-state index is 13.3. The first-order valence-electron chi connectivity index (χ1n) is 9.56. The number of sulfonamides is 1. The molecule has 0 bridgehead atoms. The molecule has 1 N–H and O–H groups in total. The Balaban J connectivity index is 1.65. The summed E-state index contributed by atoms with van der Waals surface area (Å²) in [4.78, 5) is 0.170. The van der Waals surface area contributed by atoms with E-state index in [1.165, 1.54) is 4.31 Å². The number of benzene rings is 3. The largest absolute Gasteiger partial charge is 0.389 e. The fraction of sp³-hybridized carbons (Fsp3) is 0.182. The Morgan fingerprint density at radius 2 is 1.63 bits per heavy atom. The lowest BCUT2D eigenvalue weighted by atomic mass is 10.2. The number of aliphatic hydroxyl groups excluding tert-OH is 1. The number of hydrogen-bond donors (Lipinski definition) is 1. The standard InChI is InChI=1S/C22H22N4O3S/c1-17-11-13-18(14-12-17)26(30(28,29)20-7-3-2-4-8-20)16-19(27)15-25-22-10-6-5-9-21(22)23-24-25/h2-14,19,27H,15-16H2,1H3/t19-/m0/s1. The van der Waals surface area contributed by atoms with Crippen LogP contribution < -0.4 is 4.31 Å². The van der Waals surface area contributed by atoms with Crippen molar-refractivity contribution < 1.29 is 13.5 Å². The summed E-state index contributed by atoms with van der Waals surface area (Å²) < 4.78 is 29.5. The molecule has 0 saturated carbocycles. The molecule has 154 valence electrons. The zero-order valence-corrected chi connectivity index (χ0v) is 17.3. The van der Waals surface area contributed by atoms with Gasteiger partial charge in [0.15, 0.2) is 0 Å². The number of fused-ring (bicyclic) bond motifs is 1. The third-order valence-electron chi connectivity index (χ3n) is 4.83. The molecule has 0 radical (unpaired) electrons. The minimum atomic E-state index is -3.86. The molecule has 0 unspecified atom stereocenters. The highest BCUT2D eigenvalue weighted by atomic mass is 32.2. The van der Waals surface area contributed by atoms with Gasteiger partial charge < -0.3 is 5.11 Å². The second-order valence-electron chi connectivity index (χ2n) is 7.10. The van der Waals surface area contributed by atoms with Gasteiger partial charge in [0.25, 0.3) is 10.0 Å². The summed E-state index contributed by atoms with van der Waals surface area (Å²) in [5, 5.41) is 19.0. The number of para-hydroxylation sites is 1. The van der Waals surface area contributed by atoms with E-state index in [1.54, 1.807) is 47.1 Å². The van der Waals surface area contributed by atoms with Crippen molar-refractivity contribution in [1.82, 2.24) is 15.0 Å². The molecule has 4 rings (SSSR count). The van der Waals surface area contributed by atoms with Gasteiger partial charge >= 0.3 is 0 Å². The van der Waals surface area contributed by atoms with E-state index >= 15 is 0 Å². The number of hydrogen-bond acceptors (Lipinski definition) is 5. The summed E-state index contributed by atoms with van der Waals surface area (Å²) in [5.41, 5.74) is 3.01. The molecule has 0 aliphatic heterocycles. The summed E-state index contributed by atoms with van der Waals surface area (Å²) in [6, 6.07) is 22.8. The third kappa shape index (κ3) is 4.05.